The summed E-state index contributed by atoms with van der Waals surface area (Å²) in [5, 5.41) is 9.03. The molecule has 0 radical (unpaired) electrons. The molecule has 8 heteroatoms. The van der Waals surface area contributed by atoms with Gasteiger partial charge in [0.05, 0.1) is 13.7 Å². The van der Waals surface area contributed by atoms with Gasteiger partial charge in [0, 0.05) is 26.7 Å². The first-order chi connectivity index (χ1) is 12.8. The molecule has 0 heterocycles. The van der Waals surface area contributed by atoms with E-state index in [4.69, 9.17) is 14.2 Å². The van der Waals surface area contributed by atoms with Crippen molar-refractivity contribution in [2.75, 3.05) is 33.9 Å². The Bertz CT molecular complexity index is 627. The number of methoxy groups -OCH3 is 1. The van der Waals surface area contributed by atoms with E-state index >= 15 is 0 Å². The van der Waals surface area contributed by atoms with E-state index in [1.54, 1.807) is 14.2 Å². The summed E-state index contributed by atoms with van der Waals surface area (Å²) in [5.74, 6) is 2.05. The molecule has 0 aliphatic rings. The van der Waals surface area contributed by atoms with E-state index in [0.29, 0.717) is 38.0 Å². The van der Waals surface area contributed by atoms with Crippen LogP contribution in [0.5, 0.6) is 11.5 Å². The summed E-state index contributed by atoms with van der Waals surface area (Å²) >= 11 is 0. The van der Waals surface area contributed by atoms with E-state index in [0.717, 1.165) is 11.3 Å². The zero-order valence-electron chi connectivity index (χ0n) is 17.1. The SMILES string of the molecule is CCOc1ccc(CNC(=NC)NCCNC(=O)OC(C)(C)C)cc1OC. The Kier molecular flexibility index (Phi) is 9.25. The fraction of sp³-hybridized carbons (Fsp3) is 0.579. The number of hydrogen-bond acceptors (Lipinski definition) is 5. The third kappa shape index (κ3) is 9.03. The maximum absolute atomic E-state index is 11.6. The normalized spacial score (nSPS) is 11.6. The highest BCUT2D eigenvalue weighted by Gasteiger charge is 2.15. The Morgan fingerprint density at radius 2 is 1.81 bits per heavy atom. The molecule has 0 saturated carbocycles. The predicted molar refractivity (Wildman–Crippen MR) is 107 cm³/mol. The first-order valence-corrected chi connectivity index (χ1v) is 9.00. The number of rotatable bonds is 8. The summed E-state index contributed by atoms with van der Waals surface area (Å²) in [6.07, 6.45) is -0.436. The molecule has 0 fully saturated rings. The molecule has 0 aliphatic heterocycles. The number of amides is 1. The predicted octanol–water partition coefficient (Wildman–Crippen LogP) is 2.28. The summed E-state index contributed by atoms with van der Waals surface area (Å²) in [4.78, 5) is 15.8. The molecule has 0 saturated heterocycles. The van der Waals surface area contributed by atoms with E-state index in [2.05, 4.69) is 20.9 Å². The third-order valence-electron chi connectivity index (χ3n) is 3.30. The summed E-state index contributed by atoms with van der Waals surface area (Å²) in [5.41, 5.74) is 0.526. The molecule has 0 spiro atoms. The van der Waals surface area contributed by atoms with Crippen LogP contribution in [-0.4, -0.2) is 51.5 Å². The number of nitrogens with one attached hydrogen (secondary N) is 3. The highest BCUT2D eigenvalue weighted by molar-refractivity contribution is 5.79. The van der Waals surface area contributed by atoms with Gasteiger partial charge in [0.25, 0.3) is 0 Å². The largest absolute Gasteiger partial charge is 0.493 e. The van der Waals surface area contributed by atoms with Crippen molar-refractivity contribution in [1.82, 2.24) is 16.0 Å². The van der Waals surface area contributed by atoms with Crippen LogP contribution < -0.4 is 25.4 Å². The van der Waals surface area contributed by atoms with Gasteiger partial charge in [-0.1, -0.05) is 6.07 Å². The molecule has 1 rings (SSSR count). The van der Waals surface area contributed by atoms with Crippen LogP contribution in [0.25, 0.3) is 0 Å². The third-order valence-corrected chi connectivity index (χ3v) is 3.30. The average Bonchev–Trinajstić information content (AvgIpc) is 2.60. The number of guanidine groups is 1. The highest BCUT2D eigenvalue weighted by atomic mass is 16.6. The Morgan fingerprint density at radius 3 is 2.41 bits per heavy atom. The maximum atomic E-state index is 11.6. The summed E-state index contributed by atoms with van der Waals surface area (Å²) in [7, 11) is 3.31. The number of aliphatic imine (C=N–C) groups is 1. The van der Waals surface area contributed by atoms with Crippen molar-refractivity contribution in [2.45, 2.75) is 39.8 Å². The standard InChI is InChI=1S/C19H32N4O4/c1-7-26-15-9-8-14(12-16(15)25-6)13-23-17(20-5)21-10-11-22-18(24)27-19(2,3)4/h8-9,12H,7,10-11,13H2,1-6H3,(H,22,24)(H2,20,21,23). The lowest BCUT2D eigenvalue weighted by molar-refractivity contribution is 0.0529. The zero-order chi connectivity index (χ0) is 20.3. The van der Waals surface area contributed by atoms with Gasteiger partial charge in [-0.15, -0.1) is 0 Å². The summed E-state index contributed by atoms with van der Waals surface area (Å²) in [6, 6.07) is 5.79. The van der Waals surface area contributed by atoms with Crippen molar-refractivity contribution in [3.05, 3.63) is 23.8 Å². The lowest BCUT2D eigenvalue weighted by Gasteiger charge is -2.20. The molecule has 0 bridgehead atoms. The van der Waals surface area contributed by atoms with E-state index in [1.165, 1.54) is 0 Å². The van der Waals surface area contributed by atoms with Crippen LogP contribution in [0.2, 0.25) is 0 Å². The minimum atomic E-state index is -0.506. The quantitative estimate of drug-likeness (QED) is 0.364. The number of nitrogens with zero attached hydrogens (tertiary/aromatic N) is 1. The van der Waals surface area contributed by atoms with Crippen molar-refractivity contribution in [1.29, 1.82) is 0 Å². The molecule has 1 aromatic carbocycles. The van der Waals surface area contributed by atoms with E-state index < -0.39 is 11.7 Å². The van der Waals surface area contributed by atoms with Gasteiger partial charge in [-0.3, -0.25) is 4.99 Å². The topological polar surface area (TPSA) is 93.2 Å². The molecular weight excluding hydrogens is 348 g/mol. The fourth-order valence-electron chi connectivity index (χ4n) is 2.16. The lowest BCUT2D eigenvalue weighted by Crippen LogP contribution is -2.42. The summed E-state index contributed by atoms with van der Waals surface area (Å²) in [6.45, 7) is 9.51. The molecule has 8 nitrogen and oxygen atoms in total. The van der Waals surface area contributed by atoms with Crippen LogP contribution in [0.1, 0.15) is 33.3 Å². The van der Waals surface area contributed by atoms with Crippen molar-refractivity contribution >= 4 is 12.1 Å². The molecule has 0 aliphatic carbocycles. The minimum Gasteiger partial charge on any atom is -0.493 e. The second-order valence-electron chi connectivity index (χ2n) is 6.70. The second kappa shape index (κ2) is 11.2. The van der Waals surface area contributed by atoms with Crippen molar-refractivity contribution < 1.29 is 19.0 Å². The van der Waals surface area contributed by atoms with Crippen LogP contribution in [-0.2, 0) is 11.3 Å². The van der Waals surface area contributed by atoms with Crippen molar-refractivity contribution in [3.8, 4) is 11.5 Å². The molecule has 1 aromatic rings. The number of benzene rings is 1. The fourth-order valence-corrected chi connectivity index (χ4v) is 2.16. The number of carbonyl (C=O) groups is 1. The van der Waals surface area contributed by atoms with Crippen LogP contribution in [0.15, 0.2) is 23.2 Å². The van der Waals surface area contributed by atoms with Gasteiger partial charge in [0.2, 0.25) is 0 Å². The number of alkyl carbamates (subject to hydrolysis) is 1. The maximum Gasteiger partial charge on any atom is 0.407 e. The molecule has 0 aromatic heterocycles. The Hall–Kier alpha value is -2.64. The Balaban J connectivity index is 2.41. The average molecular weight is 380 g/mol. The van der Waals surface area contributed by atoms with Gasteiger partial charge in [-0.25, -0.2) is 4.79 Å². The van der Waals surface area contributed by atoms with Gasteiger partial charge in [-0.2, -0.15) is 0 Å². The van der Waals surface area contributed by atoms with Gasteiger partial charge in [0.15, 0.2) is 17.5 Å². The zero-order valence-corrected chi connectivity index (χ0v) is 17.1. The van der Waals surface area contributed by atoms with E-state index in [1.807, 2.05) is 45.9 Å². The molecule has 3 N–H and O–H groups in total. The summed E-state index contributed by atoms with van der Waals surface area (Å²) < 4.78 is 16.1. The van der Waals surface area contributed by atoms with Crippen molar-refractivity contribution in [2.24, 2.45) is 4.99 Å². The van der Waals surface area contributed by atoms with Gasteiger partial charge in [-0.05, 0) is 45.4 Å². The molecule has 1 amide bonds. The van der Waals surface area contributed by atoms with Gasteiger partial charge < -0.3 is 30.2 Å². The monoisotopic (exact) mass is 380 g/mol. The van der Waals surface area contributed by atoms with Crippen LogP contribution in [0.3, 0.4) is 0 Å². The Morgan fingerprint density at radius 1 is 1.11 bits per heavy atom. The number of carbonyl (C=O) groups excluding carboxylic acids is 1. The smallest absolute Gasteiger partial charge is 0.407 e. The van der Waals surface area contributed by atoms with Crippen LogP contribution in [0, 0.1) is 0 Å². The second-order valence-corrected chi connectivity index (χ2v) is 6.70. The van der Waals surface area contributed by atoms with Crippen LogP contribution in [0.4, 0.5) is 4.79 Å². The molecular formula is C19H32N4O4. The first-order valence-electron chi connectivity index (χ1n) is 9.00. The number of hydrogen-bond donors (Lipinski definition) is 3. The lowest BCUT2D eigenvalue weighted by atomic mass is 10.2. The van der Waals surface area contributed by atoms with E-state index in [-0.39, 0.29) is 0 Å². The molecule has 0 atom stereocenters. The first kappa shape index (κ1) is 22.4. The Labute approximate surface area is 161 Å². The van der Waals surface area contributed by atoms with Gasteiger partial charge >= 0.3 is 6.09 Å². The molecule has 27 heavy (non-hydrogen) atoms. The molecule has 152 valence electrons. The number of ether oxygens (including phenoxy) is 3. The van der Waals surface area contributed by atoms with E-state index in [9.17, 15) is 4.79 Å². The highest BCUT2D eigenvalue weighted by Crippen LogP contribution is 2.27. The van der Waals surface area contributed by atoms with Gasteiger partial charge in [0.1, 0.15) is 5.60 Å². The van der Waals surface area contributed by atoms with Crippen molar-refractivity contribution in [3.63, 3.8) is 0 Å². The molecule has 0 unspecified atom stereocenters. The minimum absolute atomic E-state index is 0.423. The van der Waals surface area contributed by atoms with Crippen LogP contribution >= 0.6 is 0 Å².